The first kappa shape index (κ1) is 14.9. The second-order valence-electron chi connectivity index (χ2n) is 6.04. The third kappa shape index (κ3) is 3.09. The highest BCUT2D eigenvalue weighted by atomic mass is 32.2. The quantitative estimate of drug-likeness (QED) is 0.817. The lowest BCUT2D eigenvalue weighted by molar-refractivity contribution is 0.415. The van der Waals surface area contributed by atoms with Crippen LogP contribution in [0, 0.1) is 17.2 Å². The summed E-state index contributed by atoms with van der Waals surface area (Å²) in [4.78, 5) is 0. The maximum atomic E-state index is 9.66. The van der Waals surface area contributed by atoms with E-state index < -0.39 is 5.54 Å². The number of nitriles is 1. The van der Waals surface area contributed by atoms with Crippen LogP contribution < -0.4 is 5.32 Å². The lowest BCUT2D eigenvalue weighted by atomic mass is 9.98. The highest BCUT2D eigenvalue weighted by molar-refractivity contribution is 7.99. The Hall–Kier alpha value is -1.06. The summed E-state index contributed by atoms with van der Waals surface area (Å²) in [7, 11) is 0. The van der Waals surface area contributed by atoms with Gasteiger partial charge in [0, 0.05) is 18.7 Å². The summed E-state index contributed by atoms with van der Waals surface area (Å²) >= 11 is 1.70. The van der Waals surface area contributed by atoms with Crippen molar-refractivity contribution in [2.45, 2.75) is 62.7 Å². The van der Waals surface area contributed by atoms with E-state index in [1.807, 2.05) is 0 Å². The zero-order valence-corrected chi connectivity index (χ0v) is 13.5. The molecule has 0 amide bonds. The molecule has 1 aliphatic heterocycles. The van der Waals surface area contributed by atoms with Crippen molar-refractivity contribution in [3.05, 3.63) is 5.82 Å². The molecule has 1 unspecified atom stereocenters. The van der Waals surface area contributed by atoms with Gasteiger partial charge >= 0.3 is 0 Å². The van der Waals surface area contributed by atoms with E-state index in [2.05, 4.69) is 33.1 Å². The molecule has 5 nitrogen and oxygen atoms in total. The van der Waals surface area contributed by atoms with Crippen molar-refractivity contribution in [1.29, 1.82) is 5.26 Å². The maximum Gasteiger partial charge on any atom is 0.191 e. The highest BCUT2D eigenvalue weighted by Gasteiger charge is 2.45. The molecular weight excluding hydrogens is 282 g/mol. The number of rotatable bonds is 6. The van der Waals surface area contributed by atoms with Crippen LogP contribution in [0.3, 0.4) is 0 Å². The number of nitrogens with one attached hydrogen (secondary N) is 1. The van der Waals surface area contributed by atoms with Crippen molar-refractivity contribution >= 4 is 11.8 Å². The summed E-state index contributed by atoms with van der Waals surface area (Å²) < 4.78 is 2.26. The predicted molar refractivity (Wildman–Crippen MR) is 83.0 cm³/mol. The predicted octanol–water partition coefficient (Wildman–Crippen LogP) is 2.38. The van der Waals surface area contributed by atoms with E-state index >= 15 is 0 Å². The van der Waals surface area contributed by atoms with E-state index in [0.717, 1.165) is 36.2 Å². The van der Waals surface area contributed by atoms with Crippen molar-refractivity contribution in [3.8, 4) is 6.07 Å². The molecule has 1 aromatic heterocycles. The molecule has 0 radical (unpaired) electrons. The number of thioether (sulfide) groups is 1. The number of nitrogens with zero attached hydrogens (tertiary/aromatic N) is 4. The van der Waals surface area contributed by atoms with Gasteiger partial charge in [0.15, 0.2) is 5.16 Å². The summed E-state index contributed by atoms with van der Waals surface area (Å²) in [6.45, 7) is 3.93. The Labute approximate surface area is 130 Å². The van der Waals surface area contributed by atoms with Crippen LogP contribution in [-0.2, 0) is 13.0 Å². The van der Waals surface area contributed by atoms with E-state index in [4.69, 9.17) is 0 Å². The van der Waals surface area contributed by atoms with Crippen LogP contribution in [0.4, 0.5) is 0 Å². The van der Waals surface area contributed by atoms with Crippen LogP contribution in [0.15, 0.2) is 5.16 Å². The molecule has 0 aromatic carbocycles. The van der Waals surface area contributed by atoms with Gasteiger partial charge in [-0.2, -0.15) is 5.26 Å². The van der Waals surface area contributed by atoms with E-state index in [-0.39, 0.29) is 0 Å². The van der Waals surface area contributed by atoms with Crippen LogP contribution >= 0.6 is 11.8 Å². The van der Waals surface area contributed by atoms with Crippen LogP contribution in [0.2, 0.25) is 0 Å². The van der Waals surface area contributed by atoms with Gasteiger partial charge in [0.05, 0.1) is 6.07 Å². The van der Waals surface area contributed by atoms with Gasteiger partial charge < -0.3 is 4.57 Å². The fourth-order valence-corrected chi connectivity index (χ4v) is 4.32. The molecule has 6 heteroatoms. The molecule has 3 rings (SSSR count). The maximum absolute atomic E-state index is 9.66. The van der Waals surface area contributed by atoms with Crippen LogP contribution in [0.1, 0.15) is 44.9 Å². The van der Waals surface area contributed by atoms with Crippen LogP contribution in [0.25, 0.3) is 0 Å². The van der Waals surface area contributed by atoms with Crippen molar-refractivity contribution < 1.29 is 0 Å². The Kier molecular flexibility index (Phi) is 4.51. The minimum atomic E-state index is -0.392. The van der Waals surface area contributed by atoms with Crippen molar-refractivity contribution in [1.82, 2.24) is 20.1 Å². The van der Waals surface area contributed by atoms with Gasteiger partial charge in [-0.15, -0.1) is 10.2 Å². The Morgan fingerprint density at radius 2 is 2.24 bits per heavy atom. The van der Waals surface area contributed by atoms with E-state index in [9.17, 15) is 5.26 Å². The summed E-state index contributed by atoms with van der Waals surface area (Å²) in [5.41, 5.74) is -0.392. The molecule has 2 aliphatic rings. The largest absolute Gasteiger partial charge is 0.306 e. The number of aromatic nitrogens is 3. The first-order valence-corrected chi connectivity index (χ1v) is 8.99. The Bertz CT molecular complexity index is 531. The molecule has 0 saturated heterocycles. The van der Waals surface area contributed by atoms with Crippen molar-refractivity contribution in [2.24, 2.45) is 5.92 Å². The monoisotopic (exact) mass is 305 g/mol. The van der Waals surface area contributed by atoms with Crippen LogP contribution in [0.5, 0.6) is 0 Å². The molecule has 114 valence electrons. The van der Waals surface area contributed by atoms with Gasteiger partial charge in [-0.05, 0) is 38.1 Å². The third-order valence-corrected chi connectivity index (χ3v) is 5.63. The smallest absolute Gasteiger partial charge is 0.191 e. The SMILES string of the molecule is CCNC(C#N)(CSc1nnc2n1CCCCC2)C1CC1. The molecule has 0 bridgehead atoms. The fraction of sp³-hybridized carbons (Fsp3) is 0.800. The summed E-state index contributed by atoms with van der Waals surface area (Å²) in [6, 6.07) is 2.54. The second-order valence-corrected chi connectivity index (χ2v) is 6.98. The first-order chi connectivity index (χ1) is 10.3. The Balaban J connectivity index is 1.72. The number of hydrogen-bond acceptors (Lipinski definition) is 5. The van der Waals surface area contributed by atoms with Gasteiger partial charge in [0.25, 0.3) is 0 Å². The highest BCUT2D eigenvalue weighted by Crippen LogP contribution is 2.42. The Morgan fingerprint density at radius 3 is 2.95 bits per heavy atom. The molecule has 1 fully saturated rings. The molecule has 1 N–H and O–H groups in total. The summed E-state index contributed by atoms with van der Waals surface area (Å²) in [5, 5.41) is 22.8. The van der Waals surface area contributed by atoms with Gasteiger partial charge in [0.1, 0.15) is 11.4 Å². The van der Waals surface area contributed by atoms with Gasteiger partial charge in [0.2, 0.25) is 0 Å². The Morgan fingerprint density at radius 1 is 1.38 bits per heavy atom. The molecule has 1 aliphatic carbocycles. The van der Waals surface area contributed by atoms with E-state index in [0.29, 0.717) is 5.92 Å². The lowest BCUT2D eigenvalue weighted by Crippen LogP contribution is -2.48. The molecular formula is C15H23N5S. The number of fused-ring (bicyclic) bond motifs is 1. The molecule has 2 heterocycles. The minimum Gasteiger partial charge on any atom is -0.306 e. The average molecular weight is 305 g/mol. The van der Waals surface area contributed by atoms with E-state index in [1.54, 1.807) is 11.8 Å². The first-order valence-electron chi connectivity index (χ1n) is 8.00. The number of aryl methyl sites for hydroxylation is 1. The fourth-order valence-electron chi connectivity index (χ4n) is 3.11. The molecule has 1 saturated carbocycles. The molecule has 0 spiro atoms. The normalized spacial score (nSPS) is 21.1. The average Bonchev–Trinajstić information content (AvgIpc) is 3.31. The zero-order chi connectivity index (χ0) is 14.7. The third-order valence-electron chi connectivity index (χ3n) is 4.47. The zero-order valence-electron chi connectivity index (χ0n) is 12.6. The molecule has 21 heavy (non-hydrogen) atoms. The second kappa shape index (κ2) is 6.37. The number of hydrogen-bond donors (Lipinski definition) is 1. The van der Waals surface area contributed by atoms with Crippen LogP contribution in [-0.4, -0.2) is 32.6 Å². The van der Waals surface area contributed by atoms with Gasteiger partial charge in [-0.1, -0.05) is 25.1 Å². The van der Waals surface area contributed by atoms with Crippen molar-refractivity contribution in [3.63, 3.8) is 0 Å². The standard InChI is InChI=1S/C15H23N5S/c1-2-17-15(10-16,12-7-8-12)11-21-14-19-18-13-6-4-3-5-9-20(13)14/h12,17H,2-9,11H2,1H3. The minimum absolute atomic E-state index is 0.392. The summed E-state index contributed by atoms with van der Waals surface area (Å²) in [6.07, 6.45) is 7.06. The van der Waals surface area contributed by atoms with Crippen molar-refractivity contribution in [2.75, 3.05) is 12.3 Å². The molecule has 1 atom stereocenters. The topological polar surface area (TPSA) is 66.5 Å². The molecule has 1 aromatic rings. The summed E-state index contributed by atoms with van der Waals surface area (Å²) in [5.74, 6) is 2.38. The van der Waals surface area contributed by atoms with Gasteiger partial charge in [-0.3, -0.25) is 5.32 Å². The van der Waals surface area contributed by atoms with Gasteiger partial charge in [-0.25, -0.2) is 0 Å². The van der Waals surface area contributed by atoms with E-state index in [1.165, 1.54) is 32.1 Å². The lowest BCUT2D eigenvalue weighted by Gasteiger charge is -2.26.